The number of carboxylic acids is 1. The Morgan fingerprint density at radius 2 is 2.35 bits per heavy atom. The molecule has 1 saturated heterocycles. The Hall–Kier alpha value is -2.20. The number of nitriles is 1. The van der Waals surface area contributed by atoms with Crippen molar-refractivity contribution in [1.82, 2.24) is 9.97 Å². The fourth-order valence-electron chi connectivity index (χ4n) is 1.75. The van der Waals surface area contributed by atoms with E-state index in [9.17, 15) is 4.79 Å². The monoisotopic (exact) mass is 233 g/mol. The average molecular weight is 233 g/mol. The molecular weight excluding hydrogens is 222 g/mol. The van der Waals surface area contributed by atoms with Crippen molar-refractivity contribution in [2.45, 2.75) is 12.0 Å². The third-order valence-electron chi connectivity index (χ3n) is 2.80. The fourth-order valence-corrected chi connectivity index (χ4v) is 1.75. The van der Waals surface area contributed by atoms with E-state index in [1.165, 1.54) is 12.4 Å². The number of aliphatic carboxylic acids is 1. The third-order valence-corrected chi connectivity index (χ3v) is 2.80. The summed E-state index contributed by atoms with van der Waals surface area (Å²) in [7, 11) is 0. The normalized spacial score (nSPS) is 23.4. The van der Waals surface area contributed by atoms with E-state index in [4.69, 9.17) is 16.1 Å². The van der Waals surface area contributed by atoms with E-state index in [1.54, 1.807) is 4.90 Å². The SMILES string of the molecule is N#Cc1cnc(N2CCC(N)(C(=O)O)C2)cn1. The van der Waals surface area contributed by atoms with E-state index >= 15 is 0 Å². The lowest BCUT2D eigenvalue weighted by Crippen LogP contribution is -2.50. The zero-order valence-electron chi connectivity index (χ0n) is 9.00. The van der Waals surface area contributed by atoms with Gasteiger partial charge in [-0.25, -0.2) is 9.97 Å². The minimum Gasteiger partial charge on any atom is -0.480 e. The molecule has 0 aromatic carbocycles. The molecule has 1 atom stereocenters. The molecule has 0 radical (unpaired) electrons. The van der Waals surface area contributed by atoms with Gasteiger partial charge < -0.3 is 15.7 Å². The first-order valence-electron chi connectivity index (χ1n) is 5.04. The number of anilines is 1. The lowest BCUT2D eigenvalue weighted by Gasteiger charge is -2.20. The van der Waals surface area contributed by atoms with Crippen LogP contribution < -0.4 is 10.6 Å². The van der Waals surface area contributed by atoms with E-state index in [0.29, 0.717) is 18.8 Å². The van der Waals surface area contributed by atoms with Gasteiger partial charge in [-0.05, 0) is 6.42 Å². The average Bonchev–Trinajstić information content (AvgIpc) is 2.74. The Bertz CT molecular complexity index is 480. The summed E-state index contributed by atoms with van der Waals surface area (Å²) >= 11 is 0. The Labute approximate surface area is 97.5 Å². The lowest BCUT2D eigenvalue weighted by molar-refractivity contribution is -0.142. The van der Waals surface area contributed by atoms with Crippen LogP contribution in [-0.4, -0.2) is 39.7 Å². The molecule has 1 aromatic rings. The number of carbonyl (C=O) groups is 1. The summed E-state index contributed by atoms with van der Waals surface area (Å²) in [5.41, 5.74) is 4.74. The van der Waals surface area contributed by atoms with Crippen molar-refractivity contribution in [2.75, 3.05) is 18.0 Å². The second-order valence-corrected chi connectivity index (χ2v) is 4.00. The van der Waals surface area contributed by atoms with Gasteiger partial charge in [-0.15, -0.1) is 0 Å². The second kappa shape index (κ2) is 3.99. The van der Waals surface area contributed by atoms with E-state index in [0.717, 1.165) is 0 Å². The van der Waals surface area contributed by atoms with Crippen LogP contribution in [0.25, 0.3) is 0 Å². The molecule has 7 nitrogen and oxygen atoms in total. The van der Waals surface area contributed by atoms with Crippen molar-refractivity contribution in [1.29, 1.82) is 5.26 Å². The zero-order valence-corrected chi connectivity index (χ0v) is 9.00. The first kappa shape index (κ1) is 11.3. The molecule has 17 heavy (non-hydrogen) atoms. The molecule has 1 aliphatic heterocycles. The molecule has 0 amide bonds. The third kappa shape index (κ3) is 2.03. The van der Waals surface area contributed by atoms with Crippen LogP contribution in [0.1, 0.15) is 12.1 Å². The summed E-state index contributed by atoms with van der Waals surface area (Å²) in [6.45, 7) is 0.715. The number of aromatic nitrogens is 2. The molecule has 2 heterocycles. The highest BCUT2D eigenvalue weighted by Crippen LogP contribution is 2.23. The maximum Gasteiger partial charge on any atom is 0.325 e. The van der Waals surface area contributed by atoms with Gasteiger partial charge in [-0.2, -0.15) is 5.26 Å². The zero-order chi connectivity index (χ0) is 12.5. The molecule has 2 rings (SSSR count). The van der Waals surface area contributed by atoms with Gasteiger partial charge >= 0.3 is 5.97 Å². The van der Waals surface area contributed by atoms with E-state index in [-0.39, 0.29) is 12.2 Å². The predicted molar refractivity (Wildman–Crippen MR) is 58.1 cm³/mol. The van der Waals surface area contributed by atoms with Gasteiger partial charge in [-0.1, -0.05) is 0 Å². The van der Waals surface area contributed by atoms with E-state index in [1.807, 2.05) is 6.07 Å². The van der Waals surface area contributed by atoms with Gasteiger partial charge in [0.15, 0.2) is 5.69 Å². The molecule has 3 N–H and O–H groups in total. The number of rotatable bonds is 2. The Morgan fingerprint density at radius 1 is 1.59 bits per heavy atom. The van der Waals surface area contributed by atoms with Gasteiger partial charge in [0, 0.05) is 13.1 Å². The minimum absolute atomic E-state index is 0.197. The van der Waals surface area contributed by atoms with Crippen molar-refractivity contribution in [3.05, 3.63) is 18.1 Å². The van der Waals surface area contributed by atoms with Crippen LogP contribution in [0.4, 0.5) is 5.82 Å². The van der Waals surface area contributed by atoms with Crippen LogP contribution in [0.2, 0.25) is 0 Å². The van der Waals surface area contributed by atoms with Gasteiger partial charge in [0.05, 0.1) is 12.4 Å². The molecule has 1 aliphatic rings. The number of hydrogen-bond donors (Lipinski definition) is 2. The molecule has 0 bridgehead atoms. The highest BCUT2D eigenvalue weighted by atomic mass is 16.4. The molecular formula is C10H11N5O2. The van der Waals surface area contributed by atoms with Crippen LogP contribution in [0, 0.1) is 11.3 Å². The summed E-state index contributed by atoms with van der Waals surface area (Å²) in [5, 5.41) is 17.6. The van der Waals surface area contributed by atoms with Crippen LogP contribution in [0.15, 0.2) is 12.4 Å². The van der Waals surface area contributed by atoms with E-state index < -0.39 is 11.5 Å². The van der Waals surface area contributed by atoms with Gasteiger partial charge in [-0.3, -0.25) is 4.79 Å². The van der Waals surface area contributed by atoms with Gasteiger partial charge in [0.1, 0.15) is 17.4 Å². The topological polar surface area (TPSA) is 116 Å². The summed E-state index contributed by atoms with van der Waals surface area (Å²) in [4.78, 5) is 20.7. The summed E-state index contributed by atoms with van der Waals surface area (Å²) in [6.07, 6.45) is 3.17. The fraction of sp³-hybridized carbons (Fsp3) is 0.400. The summed E-state index contributed by atoms with van der Waals surface area (Å²) < 4.78 is 0. The van der Waals surface area contributed by atoms with Crippen molar-refractivity contribution in [3.8, 4) is 6.07 Å². The van der Waals surface area contributed by atoms with Crippen molar-refractivity contribution >= 4 is 11.8 Å². The molecule has 0 spiro atoms. The van der Waals surface area contributed by atoms with Crippen molar-refractivity contribution in [3.63, 3.8) is 0 Å². The maximum atomic E-state index is 11.0. The minimum atomic E-state index is -1.23. The summed E-state index contributed by atoms with van der Waals surface area (Å²) in [5.74, 6) is -0.473. The van der Waals surface area contributed by atoms with Gasteiger partial charge in [0.2, 0.25) is 0 Å². The highest BCUT2D eigenvalue weighted by molar-refractivity contribution is 5.80. The molecule has 88 valence electrons. The number of nitrogens with zero attached hydrogens (tertiary/aromatic N) is 4. The number of carboxylic acid groups (broad SMARTS) is 1. The van der Waals surface area contributed by atoms with Crippen molar-refractivity contribution < 1.29 is 9.90 Å². The highest BCUT2D eigenvalue weighted by Gasteiger charge is 2.41. The van der Waals surface area contributed by atoms with Gasteiger partial charge in [0.25, 0.3) is 0 Å². The molecule has 7 heteroatoms. The maximum absolute atomic E-state index is 11.0. The van der Waals surface area contributed by atoms with E-state index in [2.05, 4.69) is 9.97 Å². The van der Waals surface area contributed by atoms with Crippen LogP contribution in [-0.2, 0) is 4.79 Å². The lowest BCUT2D eigenvalue weighted by atomic mass is 10.0. The molecule has 1 fully saturated rings. The van der Waals surface area contributed by atoms with Crippen LogP contribution in [0.5, 0.6) is 0 Å². The molecule has 0 saturated carbocycles. The molecule has 0 aliphatic carbocycles. The second-order valence-electron chi connectivity index (χ2n) is 4.00. The predicted octanol–water partition coefficient (Wildman–Crippen LogP) is -0.660. The van der Waals surface area contributed by atoms with Crippen LogP contribution >= 0.6 is 0 Å². The standard InChI is InChI=1S/C10H11N5O2/c11-3-7-4-14-8(5-13-7)15-2-1-10(12,6-15)9(16)17/h4-5H,1-2,6,12H2,(H,16,17). The van der Waals surface area contributed by atoms with Crippen LogP contribution in [0.3, 0.4) is 0 Å². The Kier molecular flexibility index (Phi) is 2.65. The summed E-state index contributed by atoms with van der Waals surface area (Å²) in [6, 6.07) is 1.87. The first-order valence-corrected chi connectivity index (χ1v) is 5.04. The Morgan fingerprint density at radius 3 is 2.82 bits per heavy atom. The quantitative estimate of drug-likeness (QED) is 0.696. The molecule has 1 unspecified atom stereocenters. The Balaban J connectivity index is 2.15. The van der Waals surface area contributed by atoms with Crippen molar-refractivity contribution in [2.24, 2.45) is 5.73 Å². The number of hydrogen-bond acceptors (Lipinski definition) is 6. The largest absolute Gasteiger partial charge is 0.480 e. The smallest absolute Gasteiger partial charge is 0.325 e. The first-order chi connectivity index (χ1) is 8.05. The molecule has 1 aromatic heterocycles. The number of nitrogens with two attached hydrogens (primary N) is 1.